The zero-order valence-electron chi connectivity index (χ0n) is 18.6. The molecule has 4 aromatic rings. The number of amides is 1. The van der Waals surface area contributed by atoms with Crippen LogP contribution >= 0.6 is 0 Å². The molecule has 172 valence electrons. The van der Waals surface area contributed by atoms with E-state index in [1.807, 2.05) is 29.2 Å². The highest BCUT2D eigenvalue weighted by Gasteiger charge is 2.21. The number of oxazole rings is 1. The minimum Gasteiger partial charge on any atom is -0.457 e. The molecule has 0 radical (unpaired) electrons. The van der Waals surface area contributed by atoms with Crippen molar-refractivity contribution in [1.82, 2.24) is 14.9 Å². The zero-order valence-corrected chi connectivity index (χ0v) is 18.6. The second-order valence-electron chi connectivity index (χ2n) is 8.09. The summed E-state index contributed by atoms with van der Waals surface area (Å²) < 4.78 is 11.5. The molecule has 1 amide bonds. The van der Waals surface area contributed by atoms with Crippen LogP contribution < -0.4 is 15.0 Å². The van der Waals surface area contributed by atoms with E-state index < -0.39 is 5.91 Å². The molecule has 34 heavy (non-hydrogen) atoms. The molecule has 1 fully saturated rings. The Morgan fingerprint density at radius 2 is 1.91 bits per heavy atom. The molecule has 0 bridgehead atoms. The van der Waals surface area contributed by atoms with Crippen molar-refractivity contribution in [3.8, 4) is 11.5 Å². The number of pyridine rings is 1. The number of fused-ring (bicyclic) bond motifs is 1. The van der Waals surface area contributed by atoms with Crippen LogP contribution in [0.3, 0.4) is 0 Å². The number of nitrogens with zero attached hydrogens (tertiary/aromatic N) is 4. The van der Waals surface area contributed by atoms with E-state index in [9.17, 15) is 9.59 Å². The summed E-state index contributed by atoms with van der Waals surface area (Å²) in [6.07, 6.45) is 3.74. The minimum absolute atomic E-state index is 0.183. The van der Waals surface area contributed by atoms with Crippen molar-refractivity contribution < 1.29 is 18.7 Å². The lowest BCUT2D eigenvalue weighted by atomic mass is 10.1. The van der Waals surface area contributed by atoms with Crippen LogP contribution in [-0.4, -0.2) is 60.3 Å². The predicted molar refractivity (Wildman–Crippen MR) is 128 cm³/mol. The summed E-state index contributed by atoms with van der Waals surface area (Å²) in [6.45, 7) is 3.42. The van der Waals surface area contributed by atoms with Crippen molar-refractivity contribution in [2.75, 3.05) is 43.4 Å². The van der Waals surface area contributed by atoms with Gasteiger partial charge in [0.1, 0.15) is 23.6 Å². The highest BCUT2D eigenvalue weighted by Crippen LogP contribution is 2.28. The second kappa shape index (κ2) is 9.32. The zero-order chi connectivity index (χ0) is 23.5. The molecule has 1 aliphatic rings. The standard InChI is InChI=1S/C25H23N5O4/c1-29-9-11-30(12-10-29)25-27-22(16-33-25)24(32)28-23-14-20(7-8-26-23)34-19-5-6-21-17(13-19)3-2-4-18(21)15-31/h2-8,13-16H,9-12H2,1H3,(H,26,28,32). The lowest BCUT2D eigenvalue weighted by Gasteiger charge is -2.31. The van der Waals surface area contributed by atoms with Gasteiger partial charge in [0.25, 0.3) is 11.9 Å². The van der Waals surface area contributed by atoms with Gasteiger partial charge in [0.05, 0.1) is 0 Å². The van der Waals surface area contributed by atoms with Gasteiger partial charge >= 0.3 is 0 Å². The lowest BCUT2D eigenvalue weighted by molar-refractivity contribution is 0.102. The fourth-order valence-electron chi connectivity index (χ4n) is 3.82. The first-order chi connectivity index (χ1) is 16.6. The molecule has 3 heterocycles. The Balaban J connectivity index is 1.27. The smallest absolute Gasteiger partial charge is 0.298 e. The Morgan fingerprint density at radius 3 is 2.74 bits per heavy atom. The van der Waals surface area contributed by atoms with Crippen LogP contribution in [0.25, 0.3) is 10.8 Å². The average Bonchev–Trinajstić information content (AvgIpc) is 3.35. The number of hydrogen-bond acceptors (Lipinski definition) is 8. The largest absolute Gasteiger partial charge is 0.457 e. The van der Waals surface area contributed by atoms with Crippen LogP contribution in [0, 0.1) is 0 Å². The maximum Gasteiger partial charge on any atom is 0.298 e. The van der Waals surface area contributed by atoms with Gasteiger partial charge in [0.2, 0.25) is 0 Å². The van der Waals surface area contributed by atoms with Crippen molar-refractivity contribution >= 4 is 34.8 Å². The van der Waals surface area contributed by atoms with E-state index in [-0.39, 0.29) is 5.69 Å². The van der Waals surface area contributed by atoms with Crippen molar-refractivity contribution in [2.24, 2.45) is 0 Å². The molecule has 2 aromatic carbocycles. The molecular weight excluding hydrogens is 434 g/mol. The van der Waals surface area contributed by atoms with Crippen LogP contribution in [0.4, 0.5) is 11.8 Å². The number of piperazine rings is 1. The maximum atomic E-state index is 12.7. The van der Waals surface area contributed by atoms with Gasteiger partial charge in [-0.1, -0.05) is 18.2 Å². The second-order valence-corrected chi connectivity index (χ2v) is 8.09. The number of likely N-dealkylation sites (N-methyl/N-ethyl adjacent to an activating group) is 1. The number of carbonyl (C=O) groups is 2. The monoisotopic (exact) mass is 457 g/mol. The van der Waals surface area contributed by atoms with Crippen LogP contribution in [0.2, 0.25) is 0 Å². The van der Waals surface area contributed by atoms with Crippen LogP contribution in [-0.2, 0) is 0 Å². The van der Waals surface area contributed by atoms with Crippen molar-refractivity contribution in [1.29, 1.82) is 0 Å². The summed E-state index contributed by atoms with van der Waals surface area (Å²) in [4.78, 5) is 36.7. The SMILES string of the molecule is CN1CCN(c2nc(C(=O)Nc3cc(Oc4ccc5c(C=O)cccc5c4)ccn3)co2)CC1. The van der Waals surface area contributed by atoms with Crippen LogP contribution in [0.15, 0.2) is 65.4 Å². The Kier molecular flexibility index (Phi) is 5.92. The molecule has 9 heteroatoms. The third-order valence-corrected chi connectivity index (χ3v) is 5.72. The molecule has 1 N–H and O–H groups in total. The summed E-state index contributed by atoms with van der Waals surface area (Å²) >= 11 is 0. The molecule has 2 aromatic heterocycles. The number of aldehydes is 1. The van der Waals surface area contributed by atoms with E-state index in [0.717, 1.165) is 43.2 Å². The van der Waals surface area contributed by atoms with Gasteiger partial charge in [-0.2, -0.15) is 4.98 Å². The van der Waals surface area contributed by atoms with E-state index in [4.69, 9.17) is 9.15 Å². The number of hydrogen-bond donors (Lipinski definition) is 1. The van der Waals surface area contributed by atoms with Gasteiger partial charge in [0, 0.05) is 44.0 Å². The van der Waals surface area contributed by atoms with Gasteiger partial charge in [-0.25, -0.2) is 4.98 Å². The first-order valence-corrected chi connectivity index (χ1v) is 10.9. The van der Waals surface area contributed by atoms with Crippen LogP contribution in [0.5, 0.6) is 11.5 Å². The third-order valence-electron chi connectivity index (χ3n) is 5.72. The van der Waals surface area contributed by atoms with E-state index in [0.29, 0.717) is 28.9 Å². The Morgan fingerprint density at radius 1 is 1.09 bits per heavy atom. The molecule has 5 rings (SSSR count). The molecule has 9 nitrogen and oxygen atoms in total. The summed E-state index contributed by atoms with van der Waals surface area (Å²) in [5.74, 6) is 1.03. The first-order valence-electron chi connectivity index (χ1n) is 10.9. The Labute approximate surface area is 196 Å². The number of anilines is 2. The fraction of sp³-hybridized carbons (Fsp3) is 0.200. The first kappa shape index (κ1) is 21.6. The Hall–Kier alpha value is -4.24. The summed E-state index contributed by atoms with van der Waals surface area (Å²) in [5.41, 5.74) is 0.809. The number of nitrogens with one attached hydrogen (secondary N) is 1. The summed E-state index contributed by atoms with van der Waals surface area (Å²) in [5, 5.41) is 4.49. The van der Waals surface area contributed by atoms with E-state index in [2.05, 4.69) is 27.2 Å². The number of rotatable bonds is 6. The van der Waals surface area contributed by atoms with Crippen LogP contribution in [0.1, 0.15) is 20.8 Å². The van der Waals surface area contributed by atoms with E-state index in [1.54, 1.807) is 30.5 Å². The molecular formula is C25H23N5O4. The quantitative estimate of drug-likeness (QED) is 0.436. The topological polar surface area (TPSA) is 101 Å². The molecule has 0 spiro atoms. The molecule has 0 saturated carbocycles. The normalized spacial score (nSPS) is 14.2. The number of benzene rings is 2. The van der Waals surface area contributed by atoms with E-state index in [1.165, 1.54) is 6.26 Å². The van der Waals surface area contributed by atoms with E-state index >= 15 is 0 Å². The number of aromatic nitrogens is 2. The van der Waals surface area contributed by atoms with Gasteiger partial charge in [-0.15, -0.1) is 0 Å². The summed E-state index contributed by atoms with van der Waals surface area (Å²) in [6, 6.07) is 14.8. The summed E-state index contributed by atoms with van der Waals surface area (Å²) in [7, 11) is 2.07. The highest BCUT2D eigenvalue weighted by molar-refractivity contribution is 6.02. The van der Waals surface area contributed by atoms with Gasteiger partial charge in [-0.05, 0) is 42.1 Å². The molecule has 0 aliphatic carbocycles. The van der Waals surface area contributed by atoms with Gasteiger partial charge in [0.15, 0.2) is 12.0 Å². The number of ether oxygens (including phenoxy) is 1. The number of carbonyl (C=O) groups excluding carboxylic acids is 2. The van der Waals surface area contributed by atoms with Crippen molar-refractivity contribution in [2.45, 2.75) is 0 Å². The molecule has 1 aliphatic heterocycles. The Bertz CT molecular complexity index is 1340. The van der Waals surface area contributed by atoms with Gasteiger partial charge < -0.3 is 24.3 Å². The molecule has 0 unspecified atom stereocenters. The third kappa shape index (κ3) is 4.60. The lowest BCUT2D eigenvalue weighted by Crippen LogP contribution is -2.44. The minimum atomic E-state index is -0.416. The predicted octanol–water partition coefficient (Wildman–Crippen LogP) is 3.83. The average molecular weight is 457 g/mol. The highest BCUT2D eigenvalue weighted by atomic mass is 16.5. The van der Waals surface area contributed by atoms with Crippen molar-refractivity contribution in [3.05, 3.63) is 72.2 Å². The maximum absolute atomic E-state index is 12.7. The van der Waals surface area contributed by atoms with Gasteiger partial charge in [-0.3, -0.25) is 9.59 Å². The molecule has 1 saturated heterocycles. The fourth-order valence-corrected chi connectivity index (χ4v) is 3.82. The van der Waals surface area contributed by atoms with Crippen molar-refractivity contribution in [3.63, 3.8) is 0 Å². The molecule has 0 atom stereocenters.